The third-order valence-corrected chi connectivity index (χ3v) is 2.71. The summed E-state index contributed by atoms with van der Waals surface area (Å²) in [5.41, 5.74) is -1.57. The number of nitriles is 1. The molecule has 1 rings (SSSR count). The highest BCUT2D eigenvalue weighted by Gasteiger charge is 2.25. The van der Waals surface area contributed by atoms with Gasteiger partial charge in [0.2, 0.25) is 5.82 Å². The van der Waals surface area contributed by atoms with Gasteiger partial charge in [0, 0.05) is 32.9 Å². The van der Waals surface area contributed by atoms with Crippen molar-refractivity contribution in [3.05, 3.63) is 27.9 Å². The molecule has 1 unspecified atom stereocenters. The Morgan fingerprint density at radius 3 is 2.95 bits per heavy atom. The number of rotatable bonds is 7. The van der Waals surface area contributed by atoms with Crippen LogP contribution in [0.25, 0.3) is 0 Å². The summed E-state index contributed by atoms with van der Waals surface area (Å²) < 4.78 is 4.87. The smallest absolute Gasteiger partial charge is 0.328 e. The monoisotopic (exact) mass is 280 g/mol. The number of nitrogens with zero attached hydrogens (tertiary/aromatic N) is 3. The highest BCUT2D eigenvalue weighted by Crippen LogP contribution is 2.26. The Morgan fingerprint density at radius 2 is 2.40 bits per heavy atom. The normalized spacial score (nSPS) is 13.3. The predicted molar refractivity (Wildman–Crippen MR) is 71.2 cm³/mol. The van der Waals surface area contributed by atoms with Crippen LogP contribution in [0.2, 0.25) is 0 Å². The zero-order valence-electron chi connectivity index (χ0n) is 11.3. The molecule has 0 saturated carbocycles. The molecule has 0 amide bonds. The van der Waals surface area contributed by atoms with Crippen LogP contribution in [0, 0.1) is 21.4 Å². The molecule has 20 heavy (non-hydrogen) atoms. The van der Waals surface area contributed by atoms with Crippen molar-refractivity contribution in [2.24, 2.45) is 0 Å². The zero-order valence-corrected chi connectivity index (χ0v) is 11.3. The maximum absolute atomic E-state index is 11.0. The zero-order chi connectivity index (χ0) is 15.2. The average molecular weight is 280 g/mol. The first kappa shape index (κ1) is 15.8. The lowest BCUT2D eigenvalue weighted by atomic mass is 10.0. The topological polar surface area (TPSA) is 121 Å². The van der Waals surface area contributed by atoms with Crippen LogP contribution >= 0.6 is 0 Å². The molecule has 1 aromatic rings. The van der Waals surface area contributed by atoms with E-state index in [0.29, 0.717) is 13.0 Å². The summed E-state index contributed by atoms with van der Waals surface area (Å²) in [6.45, 7) is 2.00. The summed E-state index contributed by atoms with van der Waals surface area (Å²) in [5.74, 6) is -0.0354. The van der Waals surface area contributed by atoms with Gasteiger partial charge in [0.25, 0.3) is 0 Å². The number of hydrogen-bond acceptors (Lipinski definition) is 7. The molecule has 0 radical (unpaired) electrons. The van der Waals surface area contributed by atoms with Crippen LogP contribution in [0.1, 0.15) is 18.9 Å². The van der Waals surface area contributed by atoms with E-state index >= 15 is 0 Å². The van der Waals surface area contributed by atoms with Crippen molar-refractivity contribution in [1.29, 1.82) is 5.26 Å². The van der Waals surface area contributed by atoms with Gasteiger partial charge in [0.05, 0.1) is 10.5 Å². The molecule has 0 spiro atoms. The standard InChI is InChI=1S/C12H16N4O4/c1-12(17,4-6-20-2)8-15-11-10(16(18)19)9(7-13)3-5-14-11/h3,5,17H,4,6,8H2,1-2H3,(H,14,15). The van der Waals surface area contributed by atoms with Gasteiger partial charge < -0.3 is 15.2 Å². The summed E-state index contributed by atoms with van der Waals surface area (Å²) in [5, 5.41) is 32.6. The molecule has 2 N–H and O–H groups in total. The summed E-state index contributed by atoms with van der Waals surface area (Å²) in [6, 6.07) is 3.01. The van der Waals surface area contributed by atoms with E-state index in [2.05, 4.69) is 10.3 Å². The second-order valence-electron chi connectivity index (χ2n) is 4.52. The number of nitrogens with one attached hydrogen (secondary N) is 1. The second kappa shape index (κ2) is 6.79. The van der Waals surface area contributed by atoms with E-state index in [-0.39, 0.29) is 17.9 Å². The molecule has 1 atom stereocenters. The molecule has 0 saturated heterocycles. The molecule has 0 aliphatic heterocycles. The van der Waals surface area contributed by atoms with Crippen LogP contribution in [0.4, 0.5) is 11.5 Å². The number of nitro groups is 1. The highest BCUT2D eigenvalue weighted by atomic mass is 16.6. The Bertz CT molecular complexity index is 525. The molecular formula is C12H16N4O4. The van der Waals surface area contributed by atoms with Crippen LogP contribution in [-0.4, -0.2) is 40.9 Å². The van der Waals surface area contributed by atoms with E-state index in [1.165, 1.54) is 19.4 Å². The van der Waals surface area contributed by atoms with Crippen molar-refractivity contribution in [2.45, 2.75) is 18.9 Å². The van der Waals surface area contributed by atoms with Gasteiger partial charge in [-0.05, 0) is 13.0 Å². The first-order valence-electron chi connectivity index (χ1n) is 5.90. The van der Waals surface area contributed by atoms with Gasteiger partial charge in [-0.1, -0.05) is 0 Å². The van der Waals surface area contributed by atoms with E-state index in [0.717, 1.165) is 0 Å². The quantitative estimate of drug-likeness (QED) is 0.565. The van der Waals surface area contributed by atoms with Crippen LogP contribution in [0.15, 0.2) is 12.3 Å². The molecule has 108 valence electrons. The van der Waals surface area contributed by atoms with E-state index in [4.69, 9.17) is 10.00 Å². The van der Waals surface area contributed by atoms with Crippen LogP contribution in [0.3, 0.4) is 0 Å². The molecule has 0 aliphatic rings. The molecule has 1 heterocycles. The molecule has 8 nitrogen and oxygen atoms in total. The number of methoxy groups -OCH3 is 1. The largest absolute Gasteiger partial charge is 0.388 e. The Kier molecular flexibility index (Phi) is 5.37. The van der Waals surface area contributed by atoms with Crippen molar-refractivity contribution in [3.63, 3.8) is 0 Å². The van der Waals surface area contributed by atoms with Crippen LogP contribution in [-0.2, 0) is 4.74 Å². The second-order valence-corrected chi connectivity index (χ2v) is 4.52. The SMILES string of the molecule is COCCC(C)(O)CNc1nccc(C#N)c1[N+](=O)[O-]. The maximum atomic E-state index is 11.0. The third-order valence-electron chi connectivity index (χ3n) is 2.71. The molecule has 8 heteroatoms. The van der Waals surface area contributed by atoms with E-state index in [1.807, 2.05) is 0 Å². The minimum Gasteiger partial charge on any atom is -0.388 e. The van der Waals surface area contributed by atoms with E-state index in [1.54, 1.807) is 13.0 Å². The molecule has 0 bridgehead atoms. The van der Waals surface area contributed by atoms with Crippen molar-refractivity contribution in [1.82, 2.24) is 4.98 Å². The van der Waals surface area contributed by atoms with Gasteiger partial charge in [0.1, 0.15) is 11.6 Å². The van der Waals surface area contributed by atoms with Gasteiger partial charge in [-0.3, -0.25) is 10.1 Å². The summed E-state index contributed by atoms with van der Waals surface area (Å²) in [7, 11) is 1.52. The van der Waals surface area contributed by atoms with Crippen LogP contribution in [0.5, 0.6) is 0 Å². The molecular weight excluding hydrogens is 264 g/mol. The van der Waals surface area contributed by atoms with Crippen molar-refractivity contribution < 1.29 is 14.8 Å². The Balaban J connectivity index is 2.88. The Labute approximate surface area is 116 Å². The third kappa shape index (κ3) is 4.15. The van der Waals surface area contributed by atoms with Gasteiger partial charge in [-0.15, -0.1) is 0 Å². The number of anilines is 1. The summed E-state index contributed by atoms with van der Waals surface area (Å²) in [4.78, 5) is 14.2. The summed E-state index contributed by atoms with van der Waals surface area (Å²) >= 11 is 0. The van der Waals surface area contributed by atoms with Gasteiger partial charge in [-0.25, -0.2) is 4.98 Å². The first-order chi connectivity index (χ1) is 9.41. The highest BCUT2D eigenvalue weighted by molar-refractivity contribution is 5.64. The number of hydrogen-bond donors (Lipinski definition) is 2. The fourth-order valence-corrected chi connectivity index (χ4v) is 1.54. The predicted octanol–water partition coefficient (Wildman–Crippen LogP) is 1.06. The maximum Gasteiger partial charge on any atom is 0.328 e. The Hall–Kier alpha value is -2.24. The molecule has 1 aromatic heterocycles. The van der Waals surface area contributed by atoms with Crippen molar-refractivity contribution in [2.75, 3.05) is 25.6 Å². The van der Waals surface area contributed by atoms with Gasteiger partial charge in [-0.2, -0.15) is 5.26 Å². The lowest BCUT2D eigenvalue weighted by molar-refractivity contribution is -0.384. The molecule has 0 fully saturated rings. The minimum atomic E-state index is -1.10. The van der Waals surface area contributed by atoms with Crippen molar-refractivity contribution >= 4 is 11.5 Å². The lowest BCUT2D eigenvalue weighted by Gasteiger charge is -2.23. The van der Waals surface area contributed by atoms with Gasteiger partial charge in [0.15, 0.2) is 0 Å². The van der Waals surface area contributed by atoms with E-state index in [9.17, 15) is 15.2 Å². The number of aliphatic hydroxyl groups is 1. The fraction of sp³-hybridized carbons (Fsp3) is 0.500. The minimum absolute atomic E-state index is 0.0354. The lowest BCUT2D eigenvalue weighted by Crippen LogP contribution is -2.35. The fourth-order valence-electron chi connectivity index (χ4n) is 1.54. The van der Waals surface area contributed by atoms with E-state index < -0.39 is 16.2 Å². The Morgan fingerprint density at radius 1 is 1.70 bits per heavy atom. The number of ether oxygens (including phenoxy) is 1. The molecule has 0 aromatic carbocycles. The number of aromatic nitrogens is 1. The number of pyridine rings is 1. The average Bonchev–Trinajstić information content (AvgIpc) is 2.42. The van der Waals surface area contributed by atoms with Crippen LogP contribution < -0.4 is 5.32 Å². The summed E-state index contributed by atoms with van der Waals surface area (Å²) in [6.07, 6.45) is 1.67. The van der Waals surface area contributed by atoms with Gasteiger partial charge >= 0.3 is 5.69 Å². The first-order valence-corrected chi connectivity index (χ1v) is 5.90. The molecule has 0 aliphatic carbocycles. The van der Waals surface area contributed by atoms with Crippen molar-refractivity contribution in [3.8, 4) is 6.07 Å².